The van der Waals surface area contributed by atoms with Gasteiger partial charge in [-0.1, -0.05) is 29.8 Å². The zero-order valence-electron chi connectivity index (χ0n) is 22.0. The Labute approximate surface area is 227 Å². The number of hydrogen-bond donors (Lipinski definition) is 1. The predicted molar refractivity (Wildman–Crippen MR) is 151 cm³/mol. The Balaban J connectivity index is 1.35. The molecule has 1 atom stereocenters. The first-order valence-corrected chi connectivity index (χ1v) is 13.7. The van der Waals surface area contributed by atoms with Gasteiger partial charge in [-0.3, -0.25) is 9.36 Å². The molecule has 8 heteroatoms. The van der Waals surface area contributed by atoms with Crippen LogP contribution in [0.4, 0.5) is 11.6 Å². The van der Waals surface area contributed by atoms with E-state index in [2.05, 4.69) is 34.4 Å². The van der Waals surface area contributed by atoms with Gasteiger partial charge in [0.2, 0.25) is 5.95 Å². The van der Waals surface area contributed by atoms with Crippen LogP contribution in [0.1, 0.15) is 54.9 Å². The fourth-order valence-electron chi connectivity index (χ4n) is 6.05. The van der Waals surface area contributed by atoms with Crippen molar-refractivity contribution in [3.05, 3.63) is 76.1 Å². The molecule has 7 nitrogen and oxygen atoms in total. The molecule has 2 aliphatic rings. The molecule has 1 aliphatic carbocycles. The second-order valence-electron chi connectivity index (χ2n) is 10.7. The summed E-state index contributed by atoms with van der Waals surface area (Å²) in [5.74, 6) is 1.41. The molecule has 1 N–H and O–H groups in total. The predicted octanol–water partition coefficient (Wildman–Crippen LogP) is 6.18. The molecule has 0 radical (unpaired) electrons. The van der Waals surface area contributed by atoms with Crippen LogP contribution in [0.2, 0.25) is 5.02 Å². The number of nitrogens with zero attached hydrogens (tertiary/aromatic N) is 4. The third-order valence-electron chi connectivity index (χ3n) is 7.44. The van der Waals surface area contributed by atoms with E-state index in [0.29, 0.717) is 22.7 Å². The molecule has 0 amide bonds. The fourth-order valence-corrected chi connectivity index (χ4v) is 6.24. The van der Waals surface area contributed by atoms with E-state index in [0.717, 1.165) is 41.7 Å². The van der Waals surface area contributed by atoms with E-state index in [-0.39, 0.29) is 18.5 Å². The normalized spacial score (nSPS) is 17.0. The summed E-state index contributed by atoms with van der Waals surface area (Å²) < 4.78 is 7.32. The number of carbonyl (C=O) groups excluding carboxylic acids is 1. The highest BCUT2D eigenvalue weighted by molar-refractivity contribution is 6.32. The first-order valence-electron chi connectivity index (χ1n) is 13.3. The lowest BCUT2D eigenvalue weighted by atomic mass is 9.77. The van der Waals surface area contributed by atoms with Gasteiger partial charge in [0, 0.05) is 30.4 Å². The van der Waals surface area contributed by atoms with Gasteiger partial charge in [-0.15, -0.1) is 0 Å². The highest BCUT2D eigenvalue weighted by Crippen LogP contribution is 2.40. The maximum atomic E-state index is 12.4. The molecule has 0 spiro atoms. The number of anilines is 2. The number of fused-ring (bicyclic) bond motifs is 1. The summed E-state index contributed by atoms with van der Waals surface area (Å²) >= 11 is 6.63. The van der Waals surface area contributed by atoms with Crippen LogP contribution in [0.3, 0.4) is 0 Å². The molecule has 1 aliphatic heterocycles. The van der Waals surface area contributed by atoms with E-state index in [9.17, 15) is 4.79 Å². The standard InChI is InChI=1S/C30H32ClN5O2/c1-18(2)38-27(37)13-21-17-36(26-10-5-4-9-24(21)26)29-25(31)14-32-30(34-29)33-23-11-19-7-6-8-20-15-35(3)16-22(12-23)28(19)20/h4-5,9-12,14,17-18,20H,6-8,13,15-16H2,1-3H3,(H,32,33,34). The van der Waals surface area contributed by atoms with Gasteiger partial charge in [-0.25, -0.2) is 4.98 Å². The molecule has 0 saturated heterocycles. The Morgan fingerprint density at radius 2 is 2.05 bits per heavy atom. The second kappa shape index (κ2) is 10.0. The first-order chi connectivity index (χ1) is 18.4. The van der Waals surface area contributed by atoms with Crippen molar-refractivity contribution in [2.75, 3.05) is 18.9 Å². The third kappa shape index (κ3) is 4.76. The van der Waals surface area contributed by atoms with Gasteiger partial charge >= 0.3 is 5.97 Å². The Morgan fingerprint density at radius 3 is 2.89 bits per heavy atom. The molecule has 0 fully saturated rings. The molecule has 2 aromatic carbocycles. The fraction of sp³-hybridized carbons (Fsp3) is 0.367. The molecule has 0 saturated carbocycles. The number of aryl methyl sites for hydroxylation is 1. The van der Waals surface area contributed by atoms with Gasteiger partial charge in [0.05, 0.1) is 24.2 Å². The minimum Gasteiger partial charge on any atom is -0.463 e. The zero-order valence-corrected chi connectivity index (χ0v) is 22.8. The summed E-state index contributed by atoms with van der Waals surface area (Å²) in [4.78, 5) is 24.2. The van der Waals surface area contributed by atoms with Crippen LogP contribution in [-0.2, 0) is 28.9 Å². The van der Waals surface area contributed by atoms with E-state index >= 15 is 0 Å². The third-order valence-corrected chi connectivity index (χ3v) is 7.70. The molecule has 2 aromatic heterocycles. The van der Waals surface area contributed by atoms with Gasteiger partial charge in [0.25, 0.3) is 0 Å². The summed E-state index contributed by atoms with van der Waals surface area (Å²) in [5, 5.41) is 4.83. The minimum atomic E-state index is -0.261. The van der Waals surface area contributed by atoms with Crippen molar-refractivity contribution in [2.24, 2.45) is 0 Å². The number of ether oxygens (including phenoxy) is 1. The average Bonchev–Trinajstić information content (AvgIpc) is 3.22. The summed E-state index contributed by atoms with van der Waals surface area (Å²) in [6.07, 6.45) is 7.16. The number of carbonyl (C=O) groups is 1. The van der Waals surface area contributed by atoms with Crippen molar-refractivity contribution in [1.29, 1.82) is 0 Å². The number of aromatic nitrogens is 3. The monoisotopic (exact) mass is 529 g/mol. The molecule has 1 unspecified atom stereocenters. The molecule has 0 bridgehead atoms. The molecule has 38 heavy (non-hydrogen) atoms. The Morgan fingerprint density at radius 1 is 1.24 bits per heavy atom. The van der Waals surface area contributed by atoms with Crippen LogP contribution in [0.15, 0.2) is 48.8 Å². The van der Waals surface area contributed by atoms with Crippen LogP contribution in [0.25, 0.3) is 16.7 Å². The quantitative estimate of drug-likeness (QED) is 0.301. The Hall–Kier alpha value is -3.42. The molecule has 196 valence electrons. The van der Waals surface area contributed by atoms with Crippen LogP contribution in [0, 0.1) is 0 Å². The topological polar surface area (TPSA) is 72.3 Å². The summed E-state index contributed by atoms with van der Waals surface area (Å²) in [7, 11) is 2.20. The lowest BCUT2D eigenvalue weighted by Crippen LogP contribution is -2.33. The van der Waals surface area contributed by atoms with Crippen molar-refractivity contribution < 1.29 is 9.53 Å². The van der Waals surface area contributed by atoms with Crippen molar-refractivity contribution in [3.63, 3.8) is 0 Å². The molecule has 4 aromatic rings. The van der Waals surface area contributed by atoms with E-state index in [4.69, 9.17) is 21.3 Å². The molecule has 6 rings (SSSR count). The van der Waals surface area contributed by atoms with E-state index in [1.54, 1.807) is 11.8 Å². The number of rotatable bonds is 6. The van der Waals surface area contributed by atoms with Crippen molar-refractivity contribution in [3.8, 4) is 5.82 Å². The van der Waals surface area contributed by atoms with Gasteiger partial charge in [0.15, 0.2) is 5.82 Å². The Bertz CT molecular complexity index is 1530. The van der Waals surface area contributed by atoms with Crippen LogP contribution in [0.5, 0.6) is 0 Å². The van der Waals surface area contributed by atoms with E-state index < -0.39 is 0 Å². The summed E-state index contributed by atoms with van der Waals surface area (Å²) in [6, 6.07) is 12.4. The van der Waals surface area contributed by atoms with Crippen LogP contribution in [-0.4, -0.2) is 45.1 Å². The zero-order chi connectivity index (χ0) is 26.4. The van der Waals surface area contributed by atoms with Gasteiger partial charge in [-0.2, -0.15) is 4.98 Å². The number of nitrogens with one attached hydrogen (secondary N) is 1. The summed E-state index contributed by atoms with van der Waals surface area (Å²) in [5.41, 5.74) is 7.17. The van der Waals surface area contributed by atoms with Crippen LogP contribution < -0.4 is 5.32 Å². The molecular formula is C30H32ClN5O2. The van der Waals surface area contributed by atoms with Crippen molar-refractivity contribution in [2.45, 2.75) is 58.1 Å². The number of benzene rings is 2. The maximum absolute atomic E-state index is 12.4. The van der Waals surface area contributed by atoms with Crippen LogP contribution >= 0.6 is 11.6 Å². The minimum absolute atomic E-state index is 0.162. The lowest BCUT2D eigenvalue weighted by molar-refractivity contribution is -0.146. The molecular weight excluding hydrogens is 498 g/mol. The largest absolute Gasteiger partial charge is 0.463 e. The summed E-state index contributed by atoms with van der Waals surface area (Å²) in [6.45, 7) is 5.80. The van der Waals surface area contributed by atoms with E-state index in [1.165, 1.54) is 24.0 Å². The van der Waals surface area contributed by atoms with E-state index in [1.807, 2.05) is 48.9 Å². The maximum Gasteiger partial charge on any atom is 0.310 e. The highest BCUT2D eigenvalue weighted by atomic mass is 35.5. The van der Waals surface area contributed by atoms with Crippen molar-refractivity contribution in [1.82, 2.24) is 19.4 Å². The van der Waals surface area contributed by atoms with Gasteiger partial charge in [-0.05, 0) is 86.5 Å². The number of halogens is 1. The number of hydrogen-bond acceptors (Lipinski definition) is 6. The number of likely N-dealkylation sites (N-methyl/N-ethyl adjacent to an activating group) is 1. The SMILES string of the molecule is CC(C)OC(=O)Cc1cn(-c2nc(Nc3cc4c5c(c3)CN(C)CC5CCC4)ncc2Cl)c2ccccc12. The number of esters is 1. The van der Waals surface area contributed by atoms with Gasteiger partial charge in [0.1, 0.15) is 5.02 Å². The number of para-hydroxylation sites is 1. The average molecular weight is 530 g/mol. The Kier molecular flexibility index (Phi) is 6.58. The first kappa shape index (κ1) is 24.9. The second-order valence-corrected chi connectivity index (χ2v) is 11.1. The van der Waals surface area contributed by atoms with Gasteiger partial charge < -0.3 is 15.0 Å². The lowest BCUT2D eigenvalue weighted by Gasteiger charge is -2.37. The molecule has 3 heterocycles. The highest BCUT2D eigenvalue weighted by Gasteiger charge is 2.29. The van der Waals surface area contributed by atoms with Crippen molar-refractivity contribution >= 4 is 40.1 Å². The smallest absolute Gasteiger partial charge is 0.310 e.